The molecule has 1 unspecified atom stereocenters. The zero-order chi connectivity index (χ0) is 17.8. The molecule has 0 N–H and O–H groups in total. The van der Waals surface area contributed by atoms with Crippen molar-refractivity contribution < 1.29 is 14.3 Å². The molecule has 0 aliphatic carbocycles. The summed E-state index contributed by atoms with van der Waals surface area (Å²) < 4.78 is 5.16. The van der Waals surface area contributed by atoms with Gasteiger partial charge in [0.2, 0.25) is 5.91 Å². The van der Waals surface area contributed by atoms with Crippen LogP contribution in [0.5, 0.6) is 0 Å². The molecule has 25 heavy (non-hydrogen) atoms. The number of carbonyl (C=O) groups is 2. The minimum absolute atomic E-state index is 0.0947. The highest BCUT2D eigenvalue weighted by Crippen LogP contribution is 2.31. The molecule has 1 aliphatic rings. The normalized spacial score (nSPS) is 18.1. The van der Waals surface area contributed by atoms with Gasteiger partial charge < -0.3 is 4.74 Å². The number of imide groups is 1. The number of hydrogen-bond donors (Lipinski definition) is 0. The minimum Gasteiger partial charge on any atom is -0.446 e. The predicted molar refractivity (Wildman–Crippen MR) is 96.2 cm³/mol. The average Bonchev–Trinajstić information content (AvgIpc) is 3.02. The highest BCUT2D eigenvalue weighted by atomic mass is 16.6. The molecule has 0 bridgehead atoms. The number of carbonyl (C=O) groups excluding carboxylic acids is 2. The van der Waals surface area contributed by atoms with Gasteiger partial charge in [0, 0.05) is 6.42 Å². The summed E-state index contributed by atoms with van der Waals surface area (Å²) >= 11 is 0. The fourth-order valence-corrected chi connectivity index (χ4v) is 3.35. The topological polar surface area (TPSA) is 46.6 Å². The van der Waals surface area contributed by atoms with Gasteiger partial charge >= 0.3 is 6.09 Å². The summed E-state index contributed by atoms with van der Waals surface area (Å²) in [4.78, 5) is 26.3. The van der Waals surface area contributed by atoms with Crippen molar-refractivity contribution in [1.29, 1.82) is 0 Å². The van der Waals surface area contributed by atoms with Gasteiger partial charge in [-0.2, -0.15) is 0 Å². The Kier molecular flexibility index (Phi) is 5.17. The summed E-state index contributed by atoms with van der Waals surface area (Å²) in [5.41, 5.74) is 3.23. The lowest BCUT2D eigenvalue weighted by Crippen LogP contribution is -2.35. The second kappa shape index (κ2) is 7.51. The van der Waals surface area contributed by atoms with Crippen molar-refractivity contribution in [2.75, 3.05) is 6.61 Å². The molecule has 2 aromatic rings. The van der Waals surface area contributed by atoms with E-state index in [1.54, 1.807) is 0 Å². The maximum atomic E-state index is 12.9. The first-order valence-electron chi connectivity index (χ1n) is 8.70. The van der Waals surface area contributed by atoms with Gasteiger partial charge in [-0.25, -0.2) is 9.69 Å². The van der Waals surface area contributed by atoms with Gasteiger partial charge in [0.05, 0.1) is 0 Å². The number of amides is 2. The first kappa shape index (κ1) is 17.2. The largest absolute Gasteiger partial charge is 0.446 e. The lowest BCUT2D eigenvalue weighted by atomic mass is 9.91. The number of rotatable bonds is 5. The summed E-state index contributed by atoms with van der Waals surface area (Å²) in [6, 6.07) is 17.4. The third-order valence-electron chi connectivity index (χ3n) is 4.75. The first-order chi connectivity index (χ1) is 12.1. The number of ether oxygens (including phenoxy) is 1. The molecule has 0 spiro atoms. The number of hydrogen-bond acceptors (Lipinski definition) is 3. The van der Waals surface area contributed by atoms with E-state index in [2.05, 4.69) is 13.0 Å². The summed E-state index contributed by atoms with van der Waals surface area (Å²) in [6.45, 7) is 4.33. The van der Waals surface area contributed by atoms with Crippen LogP contribution < -0.4 is 0 Å². The Hall–Kier alpha value is -2.62. The maximum Gasteiger partial charge on any atom is 0.417 e. The molecular weight excluding hydrogens is 314 g/mol. The van der Waals surface area contributed by atoms with Crippen molar-refractivity contribution in [3.05, 3.63) is 71.3 Å². The Morgan fingerprint density at radius 1 is 1.20 bits per heavy atom. The van der Waals surface area contributed by atoms with Crippen LogP contribution in [0.4, 0.5) is 4.79 Å². The Labute approximate surface area is 148 Å². The van der Waals surface area contributed by atoms with E-state index in [1.807, 2.05) is 55.5 Å². The van der Waals surface area contributed by atoms with Gasteiger partial charge in [-0.1, -0.05) is 67.1 Å². The lowest BCUT2D eigenvalue weighted by Gasteiger charge is -2.23. The molecule has 0 radical (unpaired) electrons. The molecule has 1 fully saturated rings. The number of aryl methyl sites for hydroxylation is 1. The van der Waals surface area contributed by atoms with E-state index >= 15 is 0 Å². The van der Waals surface area contributed by atoms with Crippen molar-refractivity contribution in [3.63, 3.8) is 0 Å². The number of cyclic esters (lactones) is 1. The van der Waals surface area contributed by atoms with Crippen LogP contribution in [0.15, 0.2) is 54.6 Å². The molecule has 2 amide bonds. The van der Waals surface area contributed by atoms with Gasteiger partial charge in [0.15, 0.2) is 0 Å². The van der Waals surface area contributed by atoms with Crippen LogP contribution in [0.1, 0.15) is 48.4 Å². The van der Waals surface area contributed by atoms with Crippen molar-refractivity contribution in [2.24, 2.45) is 0 Å². The van der Waals surface area contributed by atoms with E-state index in [0.29, 0.717) is 6.42 Å². The molecule has 130 valence electrons. The first-order valence-corrected chi connectivity index (χ1v) is 8.70. The van der Waals surface area contributed by atoms with Crippen LogP contribution >= 0.6 is 0 Å². The lowest BCUT2D eigenvalue weighted by molar-refractivity contribution is -0.129. The van der Waals surface area contributed by atoms with Crippen LogP contribution in [0.3, 0.4) is 0 Å². The van der Waals surface area contributed by atoms with E-state index in [0.717, 1.165) is 17.5 Å². The Bertz CT molecular complexity index is 757. The molecule has 4 heteroatoms. The van der Waals surface area contributed by atoms with Gasteiger partial charge in [-0.15, -0.1) is 0 Å². The fraction of sp³-hybridized carbons (Fsp3) is 0.333. The van der Waals surface area contributed by atoms with E-state index in [9.17, 15) is 9.59 Å². The molecule has 0 aromatic heterocycles. The number of nitrogens with zero attached hydrogens (tertiary/aromatic N) is 1. The van der Waals surface area contributed by atoms with Gasteiger partial charge in [0.1, 0.15) is 12.6 Å². The van der Waals surface area contributed by atoms with Crippen molar-refractivity contribution in [2.45, 2.75) is 38.6 Å². The molecule has 3 rings (SSSR count). The average molecular weight is 337 g/mol. The second-order valence-electron chi connectivity index (χ2n) is 6.49. The van der Waals surface area contributed by atoms with Crippen LogP contribution in [0, 0.1) is 6.92 Å². The SMILES string of the molecule is CCC(CC(=O)N1C(=O)OC[C@@H]1c1ccccc1)c1cccc(C)c1. The van der Waals surface area contributed by atoms with Crippen LogP contribution in [-0.2, 0) is 9.53 Å². The molecule has 2 aromatic carbocycles. The molecule has 1 heterocycles. The van der Waals surface area contributed by atoms with Crippen molar-refractivity contribution in [1.82, 2.24) is 4.90 Å². The quantitative estimate of drug-likeness (QED) is 0.801. The number of benzene rings is 2. The van der Waals surface area contributed by atoms with Crippen molar-refractivity contribution in [3.8, 4) is 0 Å². The predicted octanol–water partition coefficient (Wildman–Crippen LogP) is 4.60. The highest BCUT2D eigenvalue weighted by Gasteiger charge is 2.39. The molecule has 0 saturated carbocycles. The van der Waals surface area contributed by atoms with E-state index in [1.165, 1.54) is 10.5 Å². The summed E-state index contributed by atoms with van der Waals surface area (Å²) in [6.07, 6.45) is 0.602. The standard InChI is InChI=1S/C21H23NO3/c1-3-16(18-11-7-8-15(2)12-18)13-20(23)22-19(14-25-21(22)24)17-9-5-4-6-10-17/h4-12,16,19H,3,13-14H2,1-2H3/t16?,19-/m1/s1. The van der Waals surface area contributed by atoms with Crippen LogP contribution in [0.2, 0.25) is 0 Å². The monoisotopic (exact) mass is 337 g/mol. The van der Waals surface area contributed by atoms with Gasteiger partial charge in [0.25, 0.3) is 0 Å². The smallest absolute Gasteiger partial charge is 0.417 e. The third kappa shape index (κ3) is 3.73. The Balaban J connectivity index is 1.79. The molecular formula is C21H23NO3. The Morgan fingerprint density at radius 2 is 1.96 bits per heavy atom. The second-order valence-corrected chi connectivity index (χ2v) is 6.49. The summed E-state index contributed by atoms with van der Waals surface area (Å²) in [5.74, 6) is -0.0815. The zero-order valence-corrected chi connectivity index (χ0v) is 14.6. The van der Waals surface area contributed by atoms with E-state index < -0.39 is 6.09 Å². The Morgan fingerprint density at radius 3 is 2.64 bits per heavy atom. The van der Waals surface area contributed by atoms with Gasteiger partial charge in [-0.05, 0) is 30.4 Å². The van der Waals surface area contributed by atoms with Gasteiger partial charge in [-0.3, -0.25) is 4.79 Å². The molecule has 1 aliphatic heterocycles. The minimum atomic E-state index is -0.544. The van der Waals surface area contributed by atoms with E-state index in [4.69, 9.17) is 4.74 Å². The third-order valence-corrected chi connectivity index (χ3v) is 4.75. The summed E-state index contributed by atoms with van der Waals surface area (Å²) in [7, 11) is 0. The molecule has 4 nitrogen and oxygen atoms in total. The van der Waals surface area contributed by atoms with E-state index in [-0.39, 0.29) is 24.5 Å². The van der Waals surface area contributed by atoms with Crippen molar-refractivity contribution >= 4 is 12.0 Å². The maximum absolute atomic E-state index is 12.9. The molecule has 1 saturated heterocycles. The molecule has 2 atom stereocenters. The summed E-state index contributed by atoms with van der Waals surface area (Å²) in [5, 5.41) is 0. The van der Waals surface area contributed by atoms with Crippen LogP contribution in [0.25, 0.3) is 0 Å². The highest BCUT2D eigenvalue weighted by molar-refractivity contribution is 5.94. The van der Waals surface area contributed by atoms with Crippen LogP contribution in [-0.4, -0.2) is 23.5 Å². The zero-order valence-electron chi connectivity index (χ0n) is 14.6. The fourth-order valence-electron chi connectivity index (χ4n) is 3.35.